The lowest BCUT2D eigenvalue weighted by molar-refractivity contribution is 0.307. The third kappa shape index (κ3) is 3.46. The van der Waals surface area contributed by atoms with Crippen molar-refractivity contribution in [1.29, 1.82) is 5.26 Å². The molecule has 2 atom stereocenters. The molecule has 4 nitrogen and oxygen atoms in total. The molecular weight excluding hydrogens is 236 g/mol. The molecule has 2 rings (SSSR count). The van der Waals surface area contributed by atoms with Gasteiger partial charge < -0.3 is 15.1 Å². The summed E-state index contributed by atoms with van der Waals surface area (Å²) in [6, 6.07) is 11.0. The van der Waals surface area contributed by atoms with Crippen LogP contribution in [0.5, 0.6) is 0 Å². The van der Waals surface area contributed by atoms with Crippen molar-refractivity contribution in [1.82, 2.24) is 10.2 Å². The third-order valence-electron chi connectivity index (χ3n) is 3.56. The van der Waals surface area contributed by atoms with Crippen LogP contribution in [0.3, 0.4) is 0 Å². The standard InChI is InChI=1S/C15H22N4/c1-12-9-17-14(10-18(2)3)11-19(12)15-6-4-13(8-16)5-7-15/h4-7,12,14,17H,9-11H2,1-3H3. The van der Waals surface area contributed by atoms with Gasteiger partial charge in [0.25, 0.3) is 0 Å². The molecule has 1 aromatic carbocycles. The highest BCUT2D eigenvalue weighted by molar-refractivity contribution is 5.51. The predicted molar refractivity (Wildman–Crippen MR) is 78.3 cm³/mol. The first-order chi connectivity index (χ1) is 9.10. The minimum absolute atomic E-state index is 0.478. The van der Waals surface area contributed by atoms with Gasteiger partial charge in [-0.2, -0.15) is 5.26 Å². The largest absolute Gasteiger partial charge is 0.366 e. The quantitative estimate of drug-likeness (QED) is 0.887. The molecule has 2 unspecified atom stereocenters. The van der Waals surface area contributed by atoms with Crippen molar-refractivity contribution in [3.8, 4) is 6.07 Å². The van der Waals surface area contributed by atoms with E-state index in [1.54, 1.807) is 0 Å². The Morgan fingerprint density at radius 2 is 2.05 bits per heavy atom. The topological polar surface area (TPSA) is 42.3 Å². The van der Waals surface area contributed by atoms with E-state index in [0.29, 0.717) is 12.1 Å². The number of hydrogen-bond acceptors (Lipinski definition) is 4. The van der Waals surface area contributed by atoms with E-state index in [1.165, 1.54) is 5.69 Å². The molecule has 0 spiro atoms. The van der Waals surface area contributed by atoms with Gasteiger partial charge in [0, 0.05) is 37.4 Å². The van der Waals surface area contributed by atoms with Crippen LogP contribution in [0, 0.1) is 11.3 Å². The fourth-order valence-electron chi connectivity index (χ4n) is 2.58. The SMILES string of the molecule is CC1CNC(CN(C)C)CN1c1ccc(C#N)cc1. The van der Waals surface area contributed by atoms with Gasteiger partial charge in [-0.3, -0.25) is 0 Å². The number of nitrogens with zero attached hydrogens (tertiary/aromatic N) is 3. The maximum atomic E-state index is 8.85. The maximum absolute atomic E-state index is 8.85. The number of hydrogen-bond donors (Lipinski definition) is 1. The minimum Gasteiger partial charge on any atom is -0.366 e. The number of benzene rings is 1. The zero-order valence-electron chi connectivity index (χ0n) is 11.9. The Morgan fingerprint density at radius 1 is 1.37 bits per heavy atom. The average molecular weight is 258 g/mol. The number of nitriles is 1. The first-order valence-corrected chi connectivity index (χ1v) is 6.75. The summed E-state index contributed by atoms with van der Waals surface area (Å²) in [6.45, 7) is 5.28. The Balaban J connectivity index is 2.09. The van der Waals surface area contributed by atoms with Crippen molar-refractivity contribution < 1.29 is 0 Å². The van der Waals surface area contributed by atoms with Gasteiger partial charge in [-0.25, -0.2) is 0 Å². The van der Waals surface area contributed by atoms with Crippen molar-refractivity contribution >= 4 is 5.69 Å². The van der Waals surface area contributed by atoms with Crippen molar-refractivity contribution in [2.75, 3.05) is 38.6 Å². The summed E-state index contributed by atoms with van der Waals surface area (Å²) < 4.78 is 0. The molecule has 19 heavy (non-hydrogen) atoms. The van der Waals surface area contributed by atoms with Gasteiger partial charge in [0.2, 0.25) is 0 Å². The number of anilines is 1. The molecule has 1 fully saturated rings. The fourth-order valence-corrected chi connectivity index (χ4v) is 2.58. The number of rotatable bonds is 3. The Hall–Kier alpha value is -1.57. The van der Waals surface area contributed by atoms with Gasteiger partial charge in [0.15, 0.2) is 0 Å². The molecule has 0 saturated carbocycles. The average Bonchev–Trinajstić information content (AvgIpc) is 2.40. The van der Waals surface area contributed by atoms with Gasteiger partial charge in [-0.05, 0) is 45.3 Å². The summed E-state index contributed by atoms with van der Waals surface area (Å²) in [5, 5.41) is 12.4. The number of nitrogens with one attached hydrogen (secondary N) is 1. The Labute approximate surface area is 115 Å². The van der Waals surface area contributed by atoms with Crippen LogP contribution in [-0.4, -0.2) is 50.7 Å². The summed E-state index contributed by atoms with van der Waals surface area (Å²) in [4.78, 5) is 4.64. The Morgan fingerprint density at radius 3 is 2.63 bits per heavy atom. The first kappa shape index (κ1) is 13.9. The zero-order valence-corrected chi connectivity index (χ0v) is 11.9. The van der Waals surface area contributed by atoms with E-state index in [4.69, 9.17) is 5.26 Å². The molecule has 4 heteroatoms. The molecule has 1 aliphatic heterocycles. The first-order valence-electron chi connectivity index (χ1n) is 6.75. The van der Waals surface area contributed by atoms with Gasteiger partial charge in [0.1, 0.15) is 0 Å². The monoisotopic (exact) mass is 258 g/mol. The van der Waals surface area contributed by atoms with Crippen molar-refractivity contribution in [3.05, 3.63) is 29.8 Å². The Bertz CT molecular complexity index is 446. The van der Waals surface area contributed by atoms with Crippen LogP contribution in [0.1, 0.15) is 12.5 Å². The number of piperazine rings is 1. The molecule has 0 amide bonds. The van der Waals surface area contributed by atoms with Crippen LogP contribution in [0.2, 0.25) is 0 Å². The highest BCUT2D eigenvalue weighted by atomic mass is 15.2. The van der Waals surface area contributed by atoms with Crippen LogP contribution in [0.25, 0.3) is 0 Å². The second-order valence-electron chi connectivity index (χ2n) is 5.53. The van der Waals surface area contributed by atoms with E-state index >= 15 is 0 Å². The van der Waals surface area contributed by atoms with E-state index in [1.807, 2.05) is 24.3 Å². The normalized spacial score (nSPS) is 23.4. The zero-order chi connectivity index (χ0) is 13.8. The molecule has 1 aromatic rings. The number of likely N-dealkylation sites (N-methyl/N-ethyl adjacent to an activating group) is 1. The van der Waals surface area contributed by atoms with E-state index in [0.717, 1.165) is 25.2 Å². The highest BCUT2D eigenvalue weighted by Gasteiger charge is 2.25. The second-order valence-corrected chi connectivity index (χ2v) is 5.53. The minimum atomic E-state index is 0.478. The van der Waals surface area contributed by atoms with E-state index < -0.39 is 0 Å². The summed E-state index contributed by atoms with van der Waals surface area (Å²) in [7, 11) is 4.21. The Kier molecular flexibility index (Phi) is 4.41. The highest BCUT2D eigenvalue weighted by Crippen LogP contribution is 2.20. The van der Waals surface area contributed by atoms with Gasteiger partial charge >= 0.3 is 0 Å². The summed E-state index contributed by atoms with van der Waals surface area (Å²) in [5.74, 6) is 0. The van der Waals surface area contributed by atoms with Crippen molar-refractivity contribution in [2.24, 2.45) is 0 Å². The molecule has 1 saturated heterocycles. The lowest BCUT2D eigenvalue weighted by Gasteiger charge is -2.41. The van der Waals surface area contributed by atoms with E-state index in [-0.39, 0.29) is 0 Å². The smallest absolute Gasteiger partial charge is 0.0991 e. The van der Waals surface area contributed by atoms with Crippen LogP contribution < -0.4 is 10.2 Å². The molecule has 0 aliphatic carbocycles. The summed E-state index contributed by atoms with van der Waals surface area (Å²) in [6.07, 6.45) is 0. The van der Waals surface area contributed by atoms with Crippen molar-refractivity contribution in [2.45, 2.75) is 19.0 Å². The lowest BCUT2D eigenvalue weighted by Crippen LogP contribution is -2.58. The predicted octanol–water partition coefficient (Wildman–Crippen LogP) is 1.29. The summed E-state index contributed by atoms with van der Waals surface area (Å²) in [5.41, 5.74) is 1.92. The lowest BCUT2D eigenvalue weighted by atomic mass is 10.1. The van der Waals surface area contributed by atoms with E-state index in [9.17, 15) is 0 Å². The molecule has 1 N–H and O–H groups in total. The van der Waals surface area contributed by atoms with Gasteiger partial charge in [-0.15, -0.1) is 0 Å². The molecule has 102 valence electrons. The fraction of sp³-hybridized carbons (Fsp3) is 0.533. The van der Waals surface area contributed by atoms with Crippen LogP contribution in [0.15, 0.2) is 24.3 Å². The molecule has 0 bridgehead atoms. The summed E-state index contributed by atoms with van der Waals surface area (Å²) >= 11 is 0. The molecule has 1 heterocycles. The van der Waals surface area contributed by atoms with Gasteiger partial charge in [-0.1, -0.05) is 0 Å². The van der Waals surface area contributed by atoms with Crippen molar-refractivity contribution in [3.63, 3.8) is 0 Å². The third-order valence-corrected chi connectivity index (χ3v) is 3.56. The maximum Gasteiger partial charge on any atom is 0.0991 e. The van der Waals surface area contributed by atoms with E-state index in [2.05, 4.69) is 42.2 Å². The van der Waals surface area contributed by atoms with Crippen LogP contribution in [-0.2, 0) is 0 Å². The molecule has 1 aliphatic rings. The molecule has 0 aromatic heterocycles. The molecular formula is C15H22N4. The van der Waals surface area contributed by atoms with Gasteiger partial charge in [0.05, 0.1) is 11.6 Å². The van der Waals surface area contributed by atoms with Crippen LogP contribution >= 0.6 is 0 Å². The van der Waals surface area contributed by atoms with Crippen LogP contribution in [0.4, 0.5) is 5.69 Å². The molecule has 0 radical (unpaired) electrons. The second kappa shape index (κ2) is 6.05.